The topological polar surface area (TPSA) is 38.0 Å². The summed E-state index contributed by atoms with van der Waals surface area (Å²) in [6.07, 6.45) is 1.61. The van der Waals surface area contributed by atoms with Crippen molar-refractivity contribution < 1.29 is 4.39 Å². The molecule has 3 N–H and O–H groups in total. The summed E-state index contributed by atoms with van der Waals surface area (Å²) >= 11 is 0. The lowest BCUT2D eigenvalue weighted by atomic mass is 10.1. The Bertz CT molecular complexity index is 287. The largest absolute Gasteiger partial charge is 0.385 e. The molecule has 0 aliphatic rings. The summed E-state index contributed by atoms with van der Waals surface area (Å²) in [5.74, 6) is -0.170. The molecule has 0 atom stereocenters. The lowest BCUT2D eigenvalue weighted by Crippen LogP contribution is -2.09. The Balaban J connectivity index is 2.83. The molecular weight excluding hydrogens is 179 g/mol. The highest BCUT2D eigenvalue weighted by molar-refractivity contribution is 5.51. The Labute approximate surface area is 84.3 Å². The first kappa shape index (κ1) is 11.0. The molecule has 1 aromatic rings. The fraction of sp³-hybridized carbons (Fsp3) is 0.455. The Morgan fingerprint density at radius 3 is 2.86 bits per heavy atom. The molecule has 0 aliphatic heterocycles. The van der Waals surface area contributed by atoms with Gasteiger partial charge in [0, 0.05) is 17.8 Å². The third kappa shape index (κ3) is 2.70. The van der Waals surface area contributed by atoms with E-state index in [1.807, 2.05) is 6.07 Å². The predicted octanol–water partition coefficient (Wildman–Crippen LogP) is 2.15. The van der Waals surface area contributed by atoms with Crippen molar-refractivity contribution in [3.8, 4) is 0 Å². The normalized spacial score (nSPS) is 10.2. The Kier molecular flexibility index (Phi) is 4.40. The number of halogens is 1. The maximum Gasteiger partial charge on any atom is 0.128 e. The van der Waals surface area contributed by atoms with Gasteiger partial charge < -0.3 is 11.1 Å². The van der Waals surface area contributed by atoms with Crippen molar-refractivity contribution in [2.75, 3.05) is 18.4 Å². The van der Waals surface area contributed by atoms with E-state index < -0.39 is 0 Å². The average molecular weight is 196 g/mol. The Morgan fingerprint density at radius 2 is 2.21 bits per heavy atom. The SMILES string of the molecule is CCCNc1cccc(F)c1CCN. The average Bonchev–Trinajstić information content (AvgIpc) is 2.19. The summed E-state index contributed by atoms with van der Waals surface area (Å²) in [5.41, 5.74) is 7.00. The van der Waals surface area contributed by atoms with Crippen LogP contribution in [0.5, 0.6) is 0 Å². The number of benzene rings is 1. The highest BCUT2D eigenvalue weighted by Gasteiger charge is 2.06. The third-order valence-corrected chi connectivity index (χ3v) is 2.08. The van der Waals surface area contributed by atoms with Crippen LogP contribution in [0, 0.1) is 5.82 Å². The zero-order valence-electron chi connectivity index (χ0n) is 8.52. The molecular formula is C11H17FN2. The maximum absolute atomic E-state index is 13.4. The number of rotatable bonds is 5. The summed E-state index contributed by atoms with van der Waals surface area (Å²) in [7, 11) is 0. The first-order chi connectivity index (χ1) is 6.79. The van der Waals surface area contributed by atoms with Crippen LogP contribution in [0.3, 0.4) is 0 Å². The van der Waals surface area contributed by atoms with Gasteiger partial charge in [-0.25, -0.2) is 4.39 Å². The minimum Gasteiger partial charge on any atom is -0.385 e. The summed E-state index contributed by atoms with van der Waals surface area (Å²) in [4.78, 5) is 0. The van der Waals surface area contributed by atoms with Gasteiger partial charge in [0.05, 0.1) is 0 Å². The minimum absolute atomic E-state index is 0.170. The molecule has 1 aromatic carbocycles. The molecule has 14 heavy (non-hydrogen) atoms. The fourth-order valence-electron chi connectivity index (χ4n) is 1.38. The van der Waals surface area contributed by atoms with Gasteiger partial charge in [-0.1, -0.05) is 13.0 Å². The van der Waals surface area contributed by atoms with Gasteiger partial charge in [0.2, 0.25) is 0 Å². The van der Waals surface area contributed by atoms with Crippen molar-refractivity contribution in [2.45, 2.75) is 19.8 Å². The summed E-state index contributed by atoms with van der Waals surface area (Å²) < 4.78 is 13.4. The first-order valence-electron chi connectivity index (χ1n) is 5.01. The number of hydrogen-bond acceptors (Lipinski definition) is 2. The van der Waals surface area contributed by atoms with E-state index in [1.165, 1.54) is 6.07 Å². The molecule has 0 heterocycles. The van der Waals surface area contributed by atoms with Crippen molar-refractivity contribution >= 4 is 5.69 Å². The van der Waals surface area contributed by atoms with Gasteiger partial charge >= 0.3 is 0 Å². The molecule has 0 fully saturated rings. The van der Waals surface area contributed by atoms with Gasteiger partial charge in [0.15, 0.2) is 0 Å². The van der Waals surface area contributed by atoms with Gasteiger partial charge in [0.25, 0.3) is 0 Å². The van der Waals surface area contributed by atoms with Crippen LogP contribution in [0.25, 0.3) is 0 Å². The van der Waals surface area contributed by atoms with Crippen LogP contribution in [0.4, 0.5) is 10.1 Å². The molecule has 0 saturated carbocycles. The monoisotopic (exact) mass is 196 g/mol. The summed E-state index contributed by atoms with van der Waals surface area (Å²) in [5, 5.41) is 3.19. The van der Waals surface area contributed by atoms with Crippen LogP contribution in [0.15, 0.2) is 18.2 Å². The quantitative estimate of drug-likeness (QED) is 0.757. The van der Waals surface area contributed by atoms with Gasteiger partial charge in [-0.3, -0.25) is 0 Å². The molecule has 3 heteroatoms. The molecule has 0 amide bonds. The van der Waals surface area contributed by atoms with Crippen molar-refractivity contribution in [3.63, 3.8) is 0 Å². The number of hydrogen-bond donors (Lipinski definition) is 2. The lowest BCUT2D eigenvalue weighted by molar-refractivity contribution is 0.610. The molecule has 0 unspecified atom stereocenters. The highest BCUT2D eigenvalue weighted by Crippen LogP contribution is 2.19. The third-order valence-electron chi connectivity index (χ3n) is 2.08. The van der Waals surface area contributed by atoms with E-state index in [-0.39, 0.29) is 5.82 Å². The minimum atomic E-state index is -0.170. The van der Waals surface area contributed by atoms with E-state index >= 15 is 0 Å². The molecule has 0 aliphatic carbocycles. The molecule has 0 radical (unpaired) electrons. The second-order valence-corrected chi connectivity index (χ2v) is 3.23. The first-order valence-corrected chi connectivity index (χ1v) is 5.01. The van der Waals surface area contributed by atoms with Crippen LogP contribution in [-0.4, -0.2) is 13.1 Å². The van der Waals surface area contributed by atoms with E-state index in [9.17, 15) is 4.39 Å². The molecule has 78 valence electrons. The number of nitrogens with one attached hydrogen (secondary N) is 1. The number of nitrogens with two attached hydrogens (primary N) is 1. The van der Waals surface area contributed by atoms with Gasteiger partial charge in [-0.05, 0) is 31.5 Å². The van der Waals surface area contributed by atoms with Crippen LogP contribution in [-0.2, 0) is 6.42 Å². The number of anilines is 1. The van der Waals surface area contributed by atoms with Gasteiger partial charge in [-0.15, -0.1) is 0 Å². The molecule has 2 nitrogen and oxygen atoms in total. The molecule has 0 bridgehead atoms. The van der Waals surface area contributed by atoms with E-state index in [0.717, 1.165) is 18.7 Å². The van der Waals surface area contributed by atoms with Crippen molar-refractivity contribution in [1.29, 1.82) is 0 Å². The van der Waals surface area contributed by atoms with Crippen molar-refractivity contribution in [3.05, 3.63) is 29.6 Å². The van der Waals surface area contributed by atoms with Crippen LogP contribution in [0.1, 0.15) is 18.9 Å². The van der Waals surface area contributed by atoms with E-state index in [1.54, 1.807) is 6.07 Å². The standard InChI is InChI=1S/C11H17FN2/c1-2-8-14-11-5-3-4-10(12)9(11)6-7-13/h3-5,14H,2,6-8,13H2,1H3. The lowest BCUT2D eigenvalue weighted by Gasteiger charge is -2.11. The second kappa shape index (κ2) is 5.60. The molecule has 0 spiro atoms. The Hall–Kier alpha value is -1.09. The predicted molar refractivity (Wildman–Crippen MR) is 57.9 cm³/mol. The van der Waals surface area contributed by atoms with Crippen molar-refractivity contribution in [2.24, 2.45) is 5.73 Å². The Morgan fingerprint density at radius 1 is 1.43 bits per heavy atom. The van der Waals surface area contributed by atoms with E-state index in [2.05, 4.69) is 12.2 Å². The zero-order valence-corrected chi connectivity index (χ0v) is 8.52. The fourth-order valence-corrected chi connectivity index (χ4v) is 1.38. The molecule has 0 aromatic heterocycles. The second-order valence-electron chi connectivity index (χ2n) is 3.23. The summed E-state index contributed by atoms with van der Waals surface area (Å²) in [6, 6.07) is 5.08. The van der Waals surface area contributed by atoms with Gasteiger partial charge in [-0.2, -0.15) is 0 Å². The van der Waals surface area contributed by atoms with Gasteiger partial charge in [0.1, 0.15) is 5.82 Å². The van der Waals surface area contributed by atoms with Crippen LogP contribution >= 0.6 is 0 Å². The maximum atomic E-state index is 13.4. The van der Waals surface area contributed by atoms with Crippen molar-refractivity contribution in [1.82, 2.24) is 0 Å². The summed E-state index contributed by atoms with van der Waals surface area (Å²) in [6.45, 7) is 3.41. The zero-order chi connectivity index (χ0) is 10.4. The highest BCUT2D eigenvalue weighted by atomic mass is 19.1. The molecule has 1 rings (SSSR count). The smallest absolute Gasteiger partial charge is 0.128 e. The molecule has 0 saturated heterocycles. The van der Waals surface area contributed by atoms with E-state index in [4.69, 9.17) is 5.73 Å². The van der Waals surface area contributed by atoms with Crippen LogP contribution in [0.2, 0.25) is 0 Å². The van der Waals surface area contributed by atoms with E-state index in [0.29, 0.717) is 18.5 Å². The van der Waals surface area contributed by atoms with Crippen LogP contribution < -0.4 is 11.1 Å².